The van der Waals surface area contributed by atoms with Gasteiger partial charge in [-0.3, -0.25) is 0 Å². The molecule has 1 saturated heterocycles. The van der Waals surface area contributed by atoms with E-state index in [4.69, 9.17) is 0 Å². The number of hydrogen-bond acceptors (Lipinski definition) is 4. The summed E-state index contributed by atoms with van der Waals surface area (Å²) >= 11 is 5.17. The Morgan fingerprint density at radius 2 is 2.62 bits per heavy atom. The van der Waals surface area contributed by atoms with Gasteiger partial charge in [-0.05, 0) is 18.8 Å². The molecule has 0 bridgehead atoms. The van der Waals surface area contributed by atoms with Gasteiger partial charge in [-0.15, -0.1) is 10.2 Å². The molecule has 2 rings (SSSR count). The normalized spacial score (nSPS) is 23.5. The summed E-state index contributed by atoms with van der Waals surface area (Å²) in [5.74, 6) is 0.776. The highest BCUT2D eigenvalue weighted by Crippen LogP contribution is 2.24. The lowest BCUT2D eigenvalue weighted by molar-refractivity contribution is 0.454. The highest BCUT2D eigenvalue weighted by Gasteiger charge is 2.20. The molecule has 1 aliphatic rings. The Hall–Kier alpha value is -0.160. The molecule has 0 saturated carbocycles. The predicted molar refractivity (Wildman–Crippen MR) is 58.6 cm³/mol. The van der Waals surface area contributed by atoms with Crippen molar-refractivity contribution in [2.45, 2.75) is 12.8 Å². The van der Waals surface area contributed by atoms with E-state index in [1.54, 1.807) is 16.8 Å². The first-order chi connectivity index (χ1) is 6.40. The van der Waals surface area contributed by atoms with Crippen LogP contribution in [0, 0.1) is 5.92 Å². The van der Waals surface area contributed by atoms with Gasteiger partial charge in [-0.2, -0.15) is 0 Å². The van der Waals surface area contributed by atoms with Crippen LogP contribution >= 0.6 is 27.3 Å². The van der Waals surface area contributed by atoms with Crippen LogP contribution in [0.2, 0.25) is 0 Å². The fourth-order valence-electron chi connectivity index (χ4n) is 1.67. The summed E-state index contributed by atoms with van der Waals surface area (Å²) in [7, 11) is 0. The van der Waals surface area contributed by atoms with E-state index >= 15 is 0 Å². The monoisotopic (exact) mass is 261 g/mol. The third-order valence-electron chi connectivity index (χ3n) is 2.36. The Morgan fingerprint density at radius 3 is 3.31 bits per heavy atom. The van der Waals surface area contributed by atoms with Gasteiger partial charge in [-0.1, -0.05) is 27.3 Å². The number of rotatable bonds is 2. The minimum absolute atomic E-state index is 0.776. The molecule has 1 unspecified atom stereocenters. The molecule has 1 aliphatic heterocycles. The van der Waals surface area contributed by atoms with Gasteiger partial charge >= 0.3 is 0 Å². The molecule has 72 valence electrons. The number of anilines is 1. The standard InChI is InChI=1S/C8H12BrN3S/c9-4-7-2-1-3-12(5-7)8-11-10-6-13-8/h6-7H,1-5H2. The summed E-state index contributed by atoms with van der Waals surface area (Å²) in [5.41, 5.74) is 1.80. The molecule has 0 aromatic carbocycles. The molecule has 3 nitrogen and oxygen atoms in total. The van der Waals surface area contributed by atoms with Crippen LogP contribution in [-0.4, -0.2) is 28.6 Å². The van der Waals surface area contributed by atoms with Crippen LogP contribution in [0.4, 0.5) is 5.13 Å². The van der Waals surface area contributed by atoms with Crippen LogP contribution in [0.1, 0.15) is 12.8 Å². The molecule has 0 spiro atoms. The van der Waals surface area contributed by atoms with Crippen LogP contribution < -0.4 is 4.90 Å². The topological polar surface area (TPSA) is 29.0 Å². The van der Waals surface area contributed by atoms with Crippen molar-refractivity contribution in [2.24, 2.45) is 5.92 Å². The Kier molecular flexibility index (Phi) is 3.16. The van der Waals surface area contributed by atoms with E-state index in [-0.39, 0.29) is 0 Å². The number of halogens is 1. The number of alkyl halides is 1. The van der Waals surface area contributed by atoms with E-state index in [0.29, 0.717) is 0 Å². The third-order valence-corrected chi connectivity index (χ3v) is 4.02. The first kappa shape index (κ1) is 9.40. The molecule has 0 radical (unpaired) electrons. The first-order valence-corrected chi connectivity index (χ1v) is 6.47. The summed E-state index contributed by atoms with van der Waals surface area (Å²) < 4.78 is 0. The summed E-state index contributed by atoms with van der Waals surface area (Å²) in [6, 6.07) is 0. The molecule has 1 fully saturated rings. The molecule has 0 aliphatic carbocycles. The zero-order chi connectivity index (χ0) is 9.10. The molecular weight excluding hydrogens is 250 g/mol. The van der Waals surface area contributed by atoms with Gasteiger partial charge in [-0.25, -0.2) is 0 Å². The number of nitrogens with zero attached hydrogens (tertiary/aromatic N) is 3. The molecule has 0 amide bonds. The predicted octanol–water partition coefficient (Wildman–Crippen LogP) is 2.15. The molecule has 13 heavy (non-hydrogen) atoms. The van der Waals surface area contributed by atoms with Crippen molar-refractivity contribution in [3.8, 4) is 0 Å². The van der Waals surface area contributed by atoms with Crippen LogP contribution in [-0.2, 0) is 0 Å². The minimum atomic E-state index is 0.776. The van der Waals surface area contributed by atoms with Gasteiger partial charge in [0, 0.05) is 18.4 Å². The highest BCUT2D eigenvalue weighted by molar-refractivity contribution is 9.09. The lowest BCUT2D eigenvalue weighted by atomic mass is 10.0. The minimum Gasteiger partial charge on any atom is -0.346 e. The Labute approximate surface area is 90.3 Å². The zero-order valence-corrected chi connectivity index (χ0v) is 9.72. The Morgan fingerprint density at radius 1 is 1.69 bits per heavy atom. The van der Waals surface area contributed by atoms with Gasteiger partial charge in [0.05, 0.1) is 0 Å². The Balaban J connectivity index is 2.00. The maximum atomic E-state index is 4.09. The number of piperidine rings is 1. The van der Waals surface area contributed by atoms with Gasteiger partial charge in [0.2, 0.25) is 5.13 Å². The smallest absolute Gasteiger partial charge is 0.208 e. The van der Waals surface area contributed by atoms with Gasteiger partial charge in [0.15, 0.2) is 0 Å². The second-order valence-corrected chi connectivity index (χ2v) is 4.79. The van der Waals surface area contributed by atoms with Gasteiger partial charge in [0.25, 0.3) is 0 Å². The molecule has 2 heterocycles. The molecule has 0 N–H and O–H groups in total. The molecule has 1 aromatic rings. The van der Waals surface area contributed by atoms with Crippen LogP contribution in [0.15, 0.2) is 5.51 Å². The summed E-state index contributed by atoms with van der Waals surface area (Å²) in [6.07, 6.45) is 2.61. The van der Waals surface area contributed by atoms with Crippen molar-refractivity contribution in [2.75, 3.05) is 23.3 Å². The maximum absolute atomic E-state index is 4.09. The third kappa shape index (κ3) is 2.20. The van der Waals surface area contributed by atoms with E-state index < -0.39 is 0 Å². The van der Waals surface area contributed by atoms with Crippen molar-refractivity contribution < 1.29 is 0 Å². The largest absolute Gasteiger partial charge is 0.346 e. The quantitative estimate of drug-likeness (QED) is 0.765. The summed E-state index contributed by atoms with van der Waals surface area (Å²) in [5, 5.41) is 10.1. The highest BCUT2D eigenvalue weighted by atomic mass is 79.9. The SMILES string of the molecule is BrCC1CCCN(c2nncs2)C1. The van der Waals surface area contributed by atoms with E-state index in [2.05, 4.69) is 31.0 Å². The average molecular weight is 262 g/mol. The van der Waals surface area contributed by atoms with Gasteiger partial charge < -0.3 is 4.90 Å². The zero-order valence-electron chi connectivity index (χ0n) is 7.32. The second-order valence-electron chi connectivity index (χ2n) is 3.33. The Bertz CT molecular complexity index is 252. The number of hydrogen-bond donors (Lipinski definition) is 0. The van der Waals surface area contributed by atoms with Crippen LogP contribution in [0.5, 0.6) is 0 Å². The molecule has 5 heteroatoms. The average Bonchev–Trinajstić information content (AvgIpc) is 2.71. The fraction of sp³-hybridized carbons (Fsp3) is 0.750. The van der Waals surface area contributed by atoms with Gasteiger partial charge in [0.1, 0.15) is 5.51 Å². The lowest BCUT2D eigenvalue weighted by Crippen LogP contribution is -2.35. The first-order valence-electron chi connectivity index (χ1n) is 4.47. The van der Waals surface area contributed by atoms with E-state index in [0.717, 1.165) is 29.5 Å². The molecule has 1 aromatic heterocycles. The summed E-state index contributed by atoms with van der Waals surface area (Å²) in [4.78, 5) is 2.34. The van der Waals surface area contributed by atoms with Crippen molar-refractivity contribution in [1.29, 1.82) is 0 Å². The molecule has 1 atom stereocenters. The van der Waals surface area contributed by atoms with E-state index in [1.165, 1.54) is 12.8 Å². The van der Waals surface area contributed by atoms with Crippen molar-refractivity contribution in [3.05, 3.63) is 5.51 Å². The van der Waals surface area contributed by atoms with E-state index in [9.17, 15) is 0 Å². The maximum Gasteiger partial charge on any atom is 0.208 e. The van der Waals surface area contributed by atoms with Crippen molar-refractivity contribution in [1.82, 2.24) is 10.2 Å². The second kappa shape index (κ2) is 4.37. The van der Waals surface area contributed by atoms with Crippen molar-refractivity contribution >= 4 is 32.4 Å². The number of aromatic nitrogens is 2. The van der Waals surface area contributed by atoms with Crippen LogP contribution in [0.25, 0.3) is 0 Å². The summed E-state index contributed by atoms with van der Waals surface area (Å²) in [6.45, 7) is 2.26. The van der Waals surface area contributed by atoms with E-state index in [1.807, 2.05) is 0 Å². The lowest BCUT2D eigenvalue weighted by Gasteiger charge is -2.31. The molecular formula is C8H12BrN3S. The van der Waals surface area contributed by atoms with Crippen LogP contribution in [0.3, 0.4) is 0 Å². The van der Waals surface area contributed by atoms with Crippen molar-refractivity contribution in [3.63, 3.8) is 0 Å². The fourth-order valence-corrected chi connectivity index (χ4v) is 2.80.